The molecule has 1 N–H and O–H groups in total. The summed E-state index contributed by atoms with van der Waals surface area (Å²) in [6.45, 7) is 11.6. The quantitative estimate of drug-likeness (QED) is 0.390. The van der Waals surface area contributed by atoms with Crippen molar-refractivity contribution in [3.05, 3.63) is 0 Å². The number of carbonyl (C=O) groups is 1. The first-order chi connectivity index (χ1) is 12.1. The zero-order valence-corrected chi connectivity index (χ0v) is 18.5. The van der Waals surface area contributed by atoms with Crippen molar-refractivity contribution in [2.45, 2.75) is 110 Å². The molecule has 0 bridgehead atoms. The Labute approximate surface area is 164 Å². The molecule has 0 aromatic heterocycles. The first kappa shape index (κ1) is 26.4. The first-order valence-corrected chi connectivity index (χ1v) is 10.7. The molecule has 4 nitrogen and oxygen atoms in total. The molecule has 3 atom stereocenters. The van der Waals surface area contributed by atoms with Crippen LogP contribution in [-0.2, 0) is 20.5 Å². The fraction of sp³-hybridized carbons (Fsp3) is 0.947. The molecule has 0 amide bonds. The van der Waals surface area contributed by atoms with Crippen LogP contribution in [-0.4, -0.2) is 32.7 Å². The highest BCUT2D eigenvalue weighted by molar-refractivity contribution is 7.84. The number of ether oxygens (including phenoxy) is 1. The molecule has 0 aliphatic heterocycles. The highest BCUT2D eigenvalue weighted by atomic mass is 32.2. The lowest BCUT2D eigenvalue weighted by molar-refractivity contribution is -0.185. The van der Waals surface area contributed by atoms with Gasteiger partial charge in [0.15, 0.2) is 0 Å². The van der Waals surface area contributed by atoms with E-state index >= 15 is 0 Å². The van der Waals surface area contributed by atoms with Gasteiger partial charge in [0.2, 0.25) is 0 Å². The van der Waals surface area contributed by atoms with Crippen LogP contribution >= 0.6 is 0 Å². The van der Waals surface area contributed by atoms with Crippen LogP contribution in [0.4, 0.5) is 13.2 Å². The number of nitrogens with one attached hydrogen (secondary N) is 1. The van der Waals surface area contributed by atoms with Gasteiger partial charge in [-0.15, -0.1) is 0 Å². The molecule has 0 radical (unpaired) electrons. The minimum atomic E-state index is -4.72. The van der Waals surface area contributed by atoms with E-state index in [2.05, 4.69) is 11.6 Å². The Morgan fingerprint density at radius 3 is 1.93 bits per heavy atom. The maximum atomic E-state index is 13.7. The number of esters is 1. The molecule has 0 unspecified atom stereocenters. The van der Waals surface area contributed by atoms with Gasteiger partial charge in [-0.25, -0.2) is 8.93 Å². The summed E-state index contributed by atoms with van der Waals surface area (Å²) >= 11 is 0. The van der Waals surface area contributed by atoms with Gasteiger partial charge in [-0.3, -0.25) is 4.79 Å². The molecule has 0 spiro atoms. The lowest BCUT2D eigenvalue weighted by atomic mass is 9.92. The number of alkyl halides is 3. The molecule has 8 heteroatoms. The lowest BCUT2D eigenvalue weighted by Crippen LogP contribution is -2.54. The molecule has 0 aromatic rings. The minimum absolute atomic E-state index is 0.0388. The van der Waals surface area contributed by atoms with Crippen LogP contribution in [0.25, 0.3) is 0 Å². The second kappa shape index (κ2) is 10.8. The Hall–Kier alpha value is -0.630. The molecule has 0 heterocycles. The van der Waals surface area contributed by atoms with E-state index in [4.69, 9.17) is 4.74 Å². The van der Waals surface area contributed by atoms with E-state index in [-0.39, 0.29) is 6.42 Å². The summed E-state index contributed by atoms with van der Waals surface area (Å²) in [5.74, 6) is -2.34. The Bertz CT molecular complexity index is 482. The van der Waals surface area contributed by atoms with Gasteiger partial charge >= 0.3 is 12.1 Å². The van der Waals surface area contributed by atoms with Gasteiger partial charge in [0, 0.05) is 0 Å². The average molecular weight is 416 g/mol. The van der Waals surface area contributed by atoms with Crippen LogP contribution in [0, 0.1) is 5.92 Å². The minimum Gasteiger partial charge on any atom is -0.460 e. The Kier molecular flexibility index (Phi) is 10.5. The second-order valence-electron chi connectivity index (χ2n) is 8.86. The first-order valence-electron chi connectivity index (χ1n) is 9.57. The molecule has 0 fully saturated rings. The predicted molar refractivity (Wildman–Crippen MR) is 104 cm³/mol. The summed E-state index contributed by atoms with van der Waals surface area (Å²) in [4.78, 5) is 12.5. The monoisotopic (exact) mass is 415 g/mol. The third kappa shape index (κ3) is 11.1. The van der Waals surface area contributed by atoms with Crippen LogP contribution in [0.1, 0.15) is 87.0 Å². The highest BCUT2D eigenvalue weighted by Crippen LogP contribution is 2.32. The second-order valence-corrected chi connectivity index (χ2v) is 10.9. The fourth-order valence-corrected chi connectivity index (χ4v) is 3.32. The molecule has 0 aliphatic rings. The third-order valence-corrected chi connectivity index (χ3v) is 5.45. The molecule has 0 saturated carbocycles. The molecule has 0 saturated heterocycles. The van der Waals surface area contributed by atoms with Crippen molar-refractivity contribution in [2.24, 2.45) is 5.92 Å². The van der Waals surface area contributed by atoms with Gasteiger partial charge < -0.3 is 4.74 Å². The number of hydrogen-bond acceptors (Lipinski definition) is 3. The van der Waals surface area contributed by atoms with Gasteiger partial charge in [0.1, 0.15) is 11.6 Å². The summed E-state index contributed by atoms with van der Waals surface area (Å²) in [6, 6.07) is -2.21. The molecular weight excluding hydrogens is 379 g/mol. The maximum absolute atomic E-state index is 13.7. The Morgan fingerprint density at radius 1 is 1.00 bits per heavy atom. The van der Waals surface area contributed by atoms with E-state index in [0.29, 0.717) is 6.42 Å². The number of carbonyl (C=O) groups excluding carboxylic acids is 1. The van der Waals surface area contributed by atoms with Gasteiger partial charge in [0.05, 0.1) is 21.7 Å². The largest absolute Gasteiger partial charge is 0.460 e. The van der Waals surface area contributed by atoms with Crippen molar-refractivity contribution in [1.29, 1.82) is 0 Å². The lowest BCUT2D eigenvalue weighted by Gasteiger charge is -2.32. The SMILES string of the molecule is CCCCCCC[C@H](C(=O)OC(C)(C)C)[C@H](N[S@@](=O)C(C)(C)C)C(F)(F)F. The van der Waals surface area contributed by atoms with Gasteiger partial charge in [-0.05, 0) is 48.0 Å². The van der Waals surface area contributed by atoms with E-state index in [9.17, 15) is 22.2 Å². The topological polar surface area (TPSA) is 55.4 Å². The van der Waals surface area contributed by atoms with Crippen molar-refractivity contribution in [1.82, 2.24) is 4.72 Å². The van der Waals surface area contributed by atoms with Crippen LogP contribution in [0.15, 0.2) is 0 Å². The fourth-order valence-electron chi connectivity index (χ4n) is 2.44. The summed E-state index contributed by atoms with van der Waals surface area (Å²) in [7, 11) is -1.96. The van der Waals surface area contributed by atoms with Gasteiger partial charge in [0.25, 0.3) is 0 Å². The van der Waals surface area contributed by atoms with Crippen molar-refractivity contribution >= 4 is 17.0 Å². The van der Waals surface area contributed by atoms with Crippen molar-refractivity contribution in [3.63, 3.8) is 0 Å². The van der Waals surface area contributed by atoms with Crippen molar-refractivity contribution in [3.8, 4) is 0 Å². The van der Waals surface area contributed by atoms with Crippen LogP contribution < -0.4 is 4.72 Å². The van der Waals surface area contributed by atoms with E-state index in [0.717, 1.165) is 25.7 Å². The molecule has 0 aliphatic carbocycles. The van der Waals surface area contributed by atoms with E-state index in [1.807, 2.05) is 0 Å². The Balaban J connectivity index is 5.49. The van der Waals surface area contributed by atoms with Crippen LogP contribution in [0.2, 0.25) is 0 Å². The zero-order valence-electron chi connectivity index (χ0n) is 17.7. The molecule has 0 aromatic carbocycles. The summed E-state index contributed by atoms with van der Waals surface area (Å²) in [5.41, 5.74) is -0.892. The third-order valence-electron chi connectivity index (χ3n) is 3.87. The maximum Gasteiger partial charge on any atom is 0.405 e. The summed E-state index contributed by atoms with van der Waals surface area (Å²) < 4.78 is 60.0. The van der Waals surface area contributed by atoms with E-state index < -0.39 is 45.4 Å². The average Bonchev–Trinajstić information content (AvgIpc) is 2.45. The zero-order chi connectivity index (χ0) is 21.5. The van der Waals surface area contributed by atoms with E-state index in [1.165, 1.54) is 0 Å². The number of rotatable bonds is 10. The van der Waals surface area contributed by atoms with E-state index in [1.54, 1.807) is 41.5 Å². The molecule has 27 heavy (non-hydrogen) atoms. The molecular formula is C19H36F3NO3S. The smallest absolute Gasteiger partial charge is 0.405 e. The van der Waals surface area contributed by atoms with Gasteiger partial charge in [-0.1, -0.05) is 39.0 Å². The van der Waals surface area contributed by atoms with Crippen molar-refractivity contribution < 1.29 is 26.9 Å². The molecule has 0 rings (SSSR count). The standard InChI is InChI=1S/C19H36F3NO3S/c1-8-9-10-11-12-13-14(16(24)26-17(2,3)4)15(19(20,21)22)23-27(25)18(5,6)7/h14-15,23H,8-13H2,1-7H3/t14-,15-,27-/m0/s1. The van der Waals surface area contributed by atoms with Crippen LogP contribution in [0.3, 0.4) is 0 Å². The number of hydrogen-bond donors (Lipinski definition) is 1. The highest BCUT2D eigenvalue weighted by Gasteiger charge is 2.49. The van der Waals surface area contributed by atoms with Crippen molar-refractivity contribution in [2.75, 3.05) is 0 Å². The van der Waals surface area contributed by atoms with Gasteiger partial charge in [-0.2, -0.15) is 13.2 Å². The Morgan fingerprint density at radius 2 is 1.52 bits per heavy atom. The number of halogens is 3. The number of unbranched alkanes of at least 4 members (excludes halogenated alkanes) is 4. The normalized spacial score (nSPS) is 16.7. The molecule has 162 valence electrons. The van der Waals surface area contributed by atoms with Crippen LogP contribution in [0.5, 0.6) is 0 Å². The predicted octanol–water partition coefficient (Wildman–Crippen LogP) is 5.29. The summed E-state index contributed by atoms with van der Waals surface area (Å²) in [5, 5.41) is 0. The summed E-state index contributed by atoms with van der Waals surface area (Å²) in [6.07, 6.45) is -0.502.